The Morgan fingerprint density at radius 1 is 1.12 bits per heavy atom. The van der Waals surface area contributed by atoms with Crippen molar-refractivity contribution in [1.29, 1.82) is 0 Å². The second kappa shape index (κ2) is 7.41. The summed E-state index contributed by atoms with van der Waals surface area (Å²) in [5.74, 6) is 1.60. The molecule has 1 N–H and O–H groups in total. The molecule has 0 bridgehead atoms. The topological polar surface area (TPSA) is 77.2 Å². The Balaban J connectivity index is 1.53. The molecular formula is C18H17N3O3. The van der Waals surface area contributed by atoms with Gasteiger partial charge in [-0.1, -0.05) is 35.5 Å². The van der Waals surface area contributed by atoms with Crippen LogP contribution in [0.15, 0.2) is 59.1 Å². The summed E-state index contributed by atoms with van der Waals surface area (Å²) in [5, 5.41) is 6.78. The average molecular weight is 323 g/mol. The first-order chi connectivity index (χ1) is 11.8. The maximum atomic E-state index is 12.0. The molecule has 122 valence electrons. The molecule has 0 aliphatic carbocycles. The van der Waals surface area contributed by atoms with Gasteiger partial charge in [-0.3, -0.25) is 4.79 Å². The molecule has 3 aromatic rings. The Kier molecular flexibility index (Phi) is 4.86. The van der Waals surface area contributed by atoms with Gasteiger partial charge >= 0.3 is 0 Å². The van der Waals surface area contributed by atoms with Crippen molar-refractivity contribution < 1.29 is 14.1 Å². The summed E-state index contributed by atoms with van der Waals surface area (Å²) in [4.78, 5) is 16.4. The summed E-state index contributed by atoms with van der Waals surface area (Å²) in [6.45, 7) is 0.418. The van der Waals surface area contributed by atoms with Gasteiger partial charge in [0.1, 0.15) is 5.75 Å². The number of aromatic nitrogens is 2. The van der Waals surface area contributed by atoms with E-state index in [9.17, 15) is 4.79 Å². The van der Waals surface area contributed by atoms with Crippen LogP contribution in [-0.4, -0.2) is 29.7 Å². The quantitative estimate of drug-likeness (QED) is 0.755. The molecule has 0 unspecified atom stereocenters. The second-order valence-electron chi connectivity index (χ2n) is 5.11. The molecule has 1 amide bonds. The highest BCUT2D eigenvalue weighted by Gasteiger charge is 2.09. The third-order valence-electron chi connectivity index (χ3n) is 3.48. The predicted molar refractivity (Wildman–Crippen MR) is 88.8 cm³/mol. The zero-order valence-electron chi connectivity index (χ0n) is 13.2. The smallest absolute Gasteiger partial charge is 0.251 e. The Labute approximate surface area is 139 Å². The molecule has 2 aromatic carbocycles. The number of methoxy groups -OCH3 is 1. The van der Waals surface area contributed by atoms with E-state index < -0.39 is 0 Å². The molecular weight excluding hydrogens is 306 g/mol. The number of amides is 1. The van der Waals surface area contributed by atoms with Gasteiger partial charge in [0.25, 0.3) is 5.91 Å². The van der Waals surface area contributed by atoms with Crippen LogP contribution >= 0.6 is 0 Å². The number of ether oxygens (including phenoxy) is 1. The third-order valence-corrected chi connectivity index (χ3v) is 3.48. The number of nitrogens with zero attached hydrogens (tertiary/aromatic N) is 2. The Hall–Kier alpha value is -3.15. The molecule has 0 radical (unpaired) electrons. The zero-order chi connectivity index (χ0) is 16.8. The highest BCUT2D eigenvalue weighted by atomic mass is 16.5. The molecule has 6 heteroatoms. The van der Waals surface area contributed by atoms with Crippen molar-refractivity contribution in [2.24, 2.45) is 0 Å². The molecule has 0 spiro atoms. The van der Waals surface area contributed by atoms with E-state index in [1.165, 1.54) is 0 Å². The highest BCUT2D eigenvalue weighted by Crippen LogP contribution is 2.15. The SMILES string of the molecule is COc1ccc(C(=O)NCCc2nc(-c3ccccc3)no2)cc1. The number of nitrogens with one attached hydrogen (secondary N) is 1. The van der Waals surface area contributed by atoms with Crippen LogP contribution in [0.3, 0.4) is 0 Å². The Morgan fingerprint density at radius 2 is 1.88 bits per heavy atom. The number of hydrogen-bond donors (Lipinski definition) is 1. The van der Waals surface area contributed by atoms with Crippen LogP contribution < -0.4 is 10.1 Å². The van der Waals surface area contributed by atoms with E-state index in [0.717, 1.165) is 5.56 Å². The maximum absolute atomic E-state index is 12.0. The van der Waals surface area contributed by atoms with Crippen molar-refractivity contribution in [1.82, 2.24) is 15.5 Å². The van der Waals surface area contributed by atoms with Crippen molar-refractivity contribution in [3.63, 3.8) is 0 Å². The summed E-state index contributed by atoms with van der Waals surface area (Å²) in [6.07, 6.45) is 0.474. The summed E-state index contributed by atoms with van der Waals surface area (Å²) < 4.78 is 10.3. The summed E-state index contributed by atoms with van der Waals surface area (Å²) in [6, 6.07) is 16.5. The highest BCUT2D eigenvalue weighted by molar-refractivity contribution is 5.94. The van der Waals surface area contributed by atoms with Crippen LogP contribution in [0.5, 0.6) is 5.75 Å². The first-order valence-electron chi connectivity index (χ1n) is 7.56. The normalized spacial score (nSPS) is 10.4. The maximum Gasteiger partial charge on any atom is 0.251 e. The van der Waals surface area contributed by atoms with Crippen LogP contribution in [0, 0.1) is 0 Å². The largest absolute Gasteiger partial charge is 0.497 e. The number of hydrogen-bond acceptors (Lipinski definition) is 5. The van der Waals surface area contributed by atoms with Crippen LogP contribution in [0.1, 0.15) is 16.2 Å². The third kappa shape index (κ3) is 3.78. The van der Waals surface area contributed by atoms with Gasteiger partial charge in [-0.2, -0.15) is 4.98 Å². The van der Waals surface area contributed by atoms with Crippen molar-refractivity contribution in [3.8, 4) is 17.1 Å². The van der Waals surface area contributed by atoms with Crippen LogP contribution in [-0.2, 0) is 6.42 Å². The molecule has 0 saturated carbocycles. The van der Waals surface area contributed by atoms with Gasteiger partial charge in [-0.25, -0.2) is 0 Å². The zero-order valence-corrected chi connectivity index (χ0v) is 13.2. The van der Waals surface area contributed by atoms with Gasteiger partial charge < -0.3 is 14.6 Å². The van der Waals surface area contributed by atoms with Gasteiger partial charge in [-0.15, -0.1) is 0 Å². The van der Waals surface area contributed by atoms with Crippen LogP contribution in [0.4, 0.5) is 0 Å². The molecule has 6 nitrogen and oxygen atoms in total. The molecule has 3 rings (SSSR count). The van der Waals surface area contributed by atoms with Crippen LogP contribution in [0.25, 0.3) is 11.4 Å². The van der Waals surface area contributed by atoms with Crippen LogP contribution in [0.2, 0.25) is 0 Å². The van der Waals surface area contributed by atoms with E-state index in [1.54, 1.807) is 31.4 Å². The number of carbonyl (C=O) groups is 1. The monoisotopic (exact) mass is 323 g/mol. The van der Waals surface area contributed by atoms with Crippen molar-refractivity contribution in [2.45, 2.75) is 6.42 Å². The number of rotatable bonds is 6. The lowest BCUT2D eigenvalue weighted by Crippen LogP contribution is -2.25. The van der Waals surface area contributed by atoms with Gasteiger partial charge in [0.15, 0.2) is 0 Å². The van der Waals surface area contributed by atoms with Gasteiger partial charge in [-0.05, 0) is 24.3 Å². The molecule has 0 aliphatic rings. The Morgan fingerprint density at radius 3 is 2.58 bits per heavy atom. The molecule has 0 atom stereocenters. The standard InChI is InChI=1S/C18H17N3O3/c1-23-15-9-7-14(8-10-15)18(22)19-12-11-16-20-17(21-24-16)13-5-3-2-4-6-13/h2-10H,11-12H2,1H3,(H,19,22). The summed E-state index contributed by atoms with van der Waals surface area (Å²) in [5.41, 5.74) is 1.47. The fourth-order valence-corrected chi connectivity index (χ4v) is 2.19. The molecule has 1 heterocycles. The lowest BCUT2D eigenvalue weighted by molar-refractivity contribution is 0.0953. The second-order valence-corrected chi connectivity index (χ2v) is 5.11. The molecule has 24 heavy (non-hydrogen) atoms. The van der Waals surface area contributed by atoms with Gasteiger partial charge in [0, 0.05) is 24.1 Å². The van der Waals surface area contributed by atoms with E-state index in [1.807, 2.05) is 30.3 Å². The van der Waals surface area contributed by atoms with E-state index in [0.29, 0.717) is 36.0 Å². The minimum atomic E-state index is -0.152. The van der Waals surface area contributed by atoms with E-state index in [4.69, 9.17) is 9.26 Å². The van der Waals surface area contributed by atoms with E-state index >= 15 is 0 Å². The van der Waals surface area contributed by atoms with E-state index in [-0.39, 0.29) is 5.91 Å². The number of benzene rings is 2. The van der Waals surface area contributed by atoms with Gasteiger partial charge in [0.05, 0.1) is 7.11 Å². The average Bonchev–Trinajstić information content (AvgIpc) is 3.11. The minimum absolute atomic E-state index is 0.152. The fraction of sp³-hybridized carbons (Fsp3) is 0.167. The summed E-state index contributed by atoms with van der Waals surface area (Å²) in [7, 11) is 1.59. The predicted octanol–water partition coefficient (Wildman–Crippen LogP) is 2.72. The van der Waals surface area contributed by atoms with Crippen molar-refractivity contribution in [2.75, 3.05) is 13.7 Å². The first kappa shape index (κ1) is 15.7. The lowest BCUT2D eigenvalue weighted by Gasteiger charge is -2.04. The molecule has 0 saturated heterocycles. The van der Waals surface area contributed by atoms with Gasteiger partial charge in [0.2, 0.25) is 11.7 Å². The number of carbonyl (C=O) groups excluding carboxylic acids is 1. The fourth-order valence-electron chi connectivity index (χ4n) is 2.19. The van der Waals surface area contributed by atoms with Crippen molar-refractivity contribution in [3.05, 3.63) is 66.1 Å². The molecule has 1 aromatic heterocycles. The molecule has 0 aliphatic heterocycles. The minimum Gasteiger partial charge on any atom is -0.497 e. The summed E-state index contributed by atoms with van der Waals surface area (Å²) >= 11 is 0. The lowest BCUT2D eigenvalue weighted by atomic mass is 10.2. The Bertz CT molecular complexity index is 798. The molecule has 0 fully saturated rings. The first-order valence-corrected chi connectivity index (χ1v) is 7.56. The van der Waals surface area contributed by atoms with Crippen molar-refractivity contribution >= 4 is 5.91 Å². The van der Waals surface area contributed by atoms with E-state index in [2.05, 4.69) is 15.5 Å².